The van der Waals surface area contributed by atoms with E-state index in [1.165, 1.54) is 17.2 Å². The van der Waals surface area contributed by atoms with E-state index in [-0.39, 0.29) is 24.6 Å². The number of Topliss-reactive ketones (excluding diaryl/α,β-unsaturated/α-hetero) is 1. The van der Waals surface area contributed by atoms with Gasteiger partial charge in [-0.15, -0.1) is 0 Å². The highest BCUT2D eigenvalue weighted by Crippen LogP contribution is 2.42. The first-order chi connectivity index (χ1) is 19.5. The zero-order valence-electron chi connectivity index (χ0n) is 23.6. The number of nitriles is 1. The maximum atomic E-state index is 14.0. The lowest BCUT2D eigenvalue weighted by molar-refractivity contribution is -0.137. The number of ketones is 1. The van der Waals surface area contributed by atoms with Crippen LogP contribution in [0.2, 0.25) is 5.02 Å². The van der Waals surface area contributed by atoms with Gasteiger partial charge in [0, 0.05) is 48.7 Å². The number of carbonyl (C=O) groups is 1. The predicted octanol–water partition coefficient (Wildman–Crippen LogP) is 7.40. The van der Waals surface area contributed by atoms with Gasteiger partial charge in [0.05, 0.1) is 22.7 Å². The maximum absolute atomic E-state index is 14.0. The molecule has 1 aliphatic heterocycles. The molecular formula is C31H37ClF3N5O. The van der Waals surface area contributed by atoms with Crippen LogP contribution in [0.3, 0.4) is 0 Å². The number of nitrogens with zero attached hydrogens (tertiary/aromatic N) is 4. The number of unbranched alkanes of at least 4 members (excludes halogenated alkanes) is 2. The van der Waals surface area contributed by atoms with Gasteiger partial charge in [-0.05, 0) is 62.4 Å². The van der Waals surface area contributed by atoms with Crippen LogP contribution in [0.25, 0.3) is 0 Å². The molecule has 1 aromatic carbocycles. The van der Waals surface area contributed by atoms with Crippen LogP contribution in [0.4, 0.5) is 24.7 Å². The Balaban J connectivity index is 1.61. The van der Waals surface area contributed by atoms with Gasteiger partial charge in [-0.25, -0.2) is 4.98 Å². The fraction of sp³-hybridized carbons (Fsp3) is 0.516. The number of hydrogen-bond acceptors (Lipinski definition) is 6. The van der Waals surface area contributed by atoms with E-state index in [1.54, 1.807) is 6.07 Å². The number of anilines is 2. The predicted molar refractivity (Wildman–Crippen MR) is 156 cm³/mol. The molecule has 6 nitrogen and oxygen atoms in total. The lowest BCUT2D eigenvalue weighted by Crippen LogP contribution is -2.41. The Bertz CT molecular complexity index is 1300. The summed E-state index contributed by atoms with van der Waals surface area (Å²) in [4.78, 5) is 21.6. The molecule has 2 aromatic rings. The van der Waals surface area contributed by atoms with Crippen molar-refractivity contribution in [1.29, 1.82) is 5.26 Å². The number of rotatable bonds is 13. The van der Waals surface area contributed by atoms with E-state index in [1.807, 2.05) is 12.1 Å². The van der Waals surface area contributed by atoms with E-state index in [0.29, 0.717) is 29.1 Å². The van der Waals surface area contributed by atoms with Gasteiger partial charge >= 0.3 is 6.18 Å². The monoisotopic (exact) mass is 587 g/mol. The normalized spacial score (nSPS) is 19.5. The Morgan fingerprint density at radius 3 is 2.61 bits per heavy atom. The van der Waals surface area contributed by atoms with Crippen LogP contribution < -0.4 is 15.1 Å². The van der Waals surface area contributed by atoms with E-state index < -0.39 is 29.2 Å². The molecule has 220 valence electrons. The number of pyridine rings is 1. The third-order valence-corrected chi connectivity index (χ3v) is 8.22. The maximum Gasteiger partial charge on any atom is 0.419 e. The van der Waals surface area contributed by atoms with E-state index in [0.717, 1.165) is 50.5 Å². The molecule has 1 aromatic heterocycles. The molecule has 0 bridgehead atoms. The topological polar surface area (TPSA) is 72.3 Å². The van der Waals surface area contributed by atoms with Crippen molar-refractivity contribution in [3.8, 4) is 6.07 Å². The minimum absolute atomic E-state index is 0.0148. The second-order valence-corrected chi connectivity index (χ2v) is 11.4. The van der Waals surface area contributed by atoms with E-state index in [9.17, 15) is 23.2 Å². The van der Waals surface area contributed by atoms with Crippen molar-refractivity contribution in [3.63, 3.8) is 0 Å². The van der Waals surface area contributed by atoms with Crippen molar-refractivity contribution in [2.45, 2.75) is 76.6 Å². The van der Waals surface area contributed by atoms with Gasteiger partial charge in [-0.3, -0.25) is 4.79 Å². The Morgan fingerprint density at radius 1 is 1.24 bits per heavy atom. The molecule has 1 aliphatic carbocycles. The van der Waals surface area contributed by atoms with Crippen LogP contribution >= 0.6 is 11.6 Å². The smallest absolute Gasteiger partial charge is 0.372 e. The van der Waals surface area contributed by atoms with Crippen molar-refractivity contribution in [2.24, 2.45) is 5.92 Å². The molecule has 0 spiro atoms. The van der Waals surface area contributed by atoms with Gasteiger partial charge in [0.15, 0.2) is 5.78 Å². The second-order valence-electron chi connectivity index (χ2n) is 11.0. The van der Waals surface area contributed by atoms with Crippen LogP contribution in [0.15, 0.2) is 48.8 Å². The molecule has 2 atom stereocenters. The van der Waals surface area contributed by atoms with Crippen molar-refractivity contribution in [1.82, 2.24) is 10.3 Å². The standard InChI is InChI=1S/C31H37ClF3N5O/c1-4-6-7-16-39(15-5-2)23-10-11-24(26(32)18-23)28(41)22-17-27(21(3)38-30(20-36)12-13-30)40(19-22)29-25(31(33,34)35)9-8-14-37-29/h8-11,14,18,22,27,38H,3-7,12-13,15-17,19H2,1-2H3/t22-,27-/m1/s1. The third kappa shape index (κ3) is 6.98. The first kappa shape index (κ1) is 30.7. The van der Waals surface area contributed by atoms with Gasteiger partial charge in [-0.2, -0.15) is 18.4 Å². The van der Waals surface area contributed by atoms with Crippen LogP contribution in [0, 0.1) is 17.2 Å². The highest BCUT2D eigenvalue weighted by molar-refractivity contribution is 6.34. The number of aromatic nitrogens is 1. The number of hydrogen-bond donors (Lipinski definition) is 1. The molecule has 1 saturated heterocycles. The van der Waals surface area contributed by atoms with Crippen molar-refractivity contribution in [3.05, 3.63) is 65.0 Å². The van der Waals surface area contributed by atoms with Gasteiger partial charge < -0.3 is 15.1 Å². The minimum Gasteiger partial charge on any atom is -0.372 e. The Labute approximate surface area is 245 Å². The molecule has 41 heavy (non-hydrogen) atoms. The molecule has 1 N–H and O–H groups in total. The summed E-state index contributed by atoms with van der Waals surface area (Å²) in [5.74, 6) is -1.13. The molecule has 0 unspecified atom stereocenters. The van der Waals surface area contributed by atoms with E-state index in [4.69, 9.17) is 11.6 Å². The highest BCUT2D eigenvalue weighted by Gasteiger charge is 2.48. The largest absolute Gasteiger partial charge is 0.419 e. The zero-order valence-corrected chi connectivity index (χ0v) is 24.4. The summed E-state index contributed by atoms with van der Waals surface area (Å²) in [5, 5.41) is 13.0. The molecule has 2 heterocycles. The number of halogens is 4. The van der Waals surface area contributed by atoms with Gasteiger partial charge in [-0.1, -0.05) is 44.9 Å². The lowest BCUT2D eigenvalue weighted by Gasteiger charge is -2.30. The summed E-state index contributed by atoms with van der Waals surface area (Å²) >= 11 is 6.67. The molecule has 2 aliphatic rings. The summed E-state index contributed by atoms with van der Waals surface area (Å²) in [6.07, 6.45) is 2.45. The van der Waals surface area contributed by atoms with Crippen molar-refractivity contribution >= 4 is 28.9 Å². The Kier molecular flexibility index (Phi) is 9.53. The SMILES string of the molecule is C=C(NC1(C#N)CC1)[C@H]1C[C@@H](C(=O)c2ccc(N(CCC)CCCCC)cc2Cl)CN1c1ncccc1C(F)(F)F. The summed E-state index contributed by atoms with van der Waals surface area (Å²) in [7, 11) is 0. The number of alkyl halides is 3. The molecular weight excluding hydrogens is 551 g/mol. The highest BCUT2D eigenvalue weighted by atomic mass is 35.5. The molecule has 10 heteroatoms. The molecule has 4 rings (SSSR count). The Morgan fingerprint density at radius 2 is 2.00 bits per heavy atom. The molecule has 2 fully saturated rings. The fourth-order valence-corrected chi connectivity index (χ4v) is 5.80. The van der Waals surface area contributed by atoms with Crippen LogP contribution in [-0.4, -0.2) is 42.0 Å². The second kappa shape index (κ2) is 12.7. The minimum atomic E-state index is -4.63. The van der Waals surface area contributed by atoms with Crippen LogP contribution in [0.1, 0.15) is 74.7 Å². The summed E-state index contributed by atoms with van der Waals surface area (Å²) < 4.78 is 41.9. The quantitative estimate of drug-likeness (QED) is 0.194. The summed E-state index contributed by atoms with van der Waals surface area (Å²) in [6, 6.07) is 9.23. The first-order valence-corrected chi connectivity index (χ1v) is 14.7. The van der Waals surface area contributed by atoms with Gasteiger partial charge in [0.25, 0.3) is 0 Å². The van der Waals surface area contributed by atoms with Gasteiger partial charge in [0.2, 0.25) is 0 Å². The zero-order chi connectivity index (χ0) is 29.8. The van der Waals surface area contributed by atoms with E-state index >= 15 is 0 Å². The average Bonchev–Trinajstić information content (AvgIpc) is 3.57. The van der Waals surface area contributed by atoms with Crippen LogP contribution in [0.5, 0.6) is 0 Å². The van der Waals surface area contributed by atoms with Gasteiger partial charge in [0.1, 0.15) is 11.4 Å². The summed E-state index contributed by atoms with van der Waals surface area (Å²) in [6.45, 7) is 10.1. The van der Waals surface area contributed by atoms with Crippen molar-refractivity contribution < 1.29 is 18.0 Å². The number of nitrogens with one attached hydrogen (secondary N) is 1. The first-order valence-electron chi connectivity index (χ1n) is 14.3. The summed E-state index contributed by atoms with van der Waals surface area (Å²) in [5.41, 5.74) is 0.0539. The number of carbonyl (C=O) groups excluding carboxylic acids is 1. The fourth-order valence-electron chi connectivity index (χ4n) is 5.53. The molecule has 0 amide bonds. The van der Waals surface area contributed by atoms with Crippen LogP contribution in [-0.2, 0) is 6.18 Å². The average molecular weight is 588 g/mol. The van der Waals surface area contributed by atoms with Crippen molar-refractivity contribution in [2.75, 3.05) is 29.4 Å². The lowest BCUT2D eigenvalue weighted by atomic mass is 9.94. The molecule has 0 radical (unpaired) electrons. The molecule has 1 saturated carbocycles. The number of benzene rings is 1. The van der Waals surface area contributed by atoms with E-state index in [2.05, 4.69) is 41.7 Å². The Hall–Kier alpha value is -3.25. The third-order valence-electron chi connectivity index (χ3n) is 7.91.